The van der Waals surface area contributed by atoms with Crippen LogP contribution in [0.5, 0.6) is 0 Å². The number of carbonyl (C=O) groups excluding carboxylic acids is 1. The Morgan fingerprint density at radius 1 is 1.31 bits per heavy atom. The fraction of sp³-hybridized carbons (Fsp3) is 0.783. The monoisotopic (exact) mass is 422 g/mol. The van der Waals surface area contributed by atoms with Crippen LogP contribution in [-0.2, 0) is 9.53 Å². The zero-order chi connectivity index (χ0) is 19.1. The fourth-order valence-electron chi connectivity index (χ4n) is 6.36. The van der Waals surface area contributed by atoms with E-state index in [1.807, 2.05) is 0 Å². The number of fused-ring (bicyclic) bond motifs is 1. The van der Waals surface area contributed by atoms with Gasteiger partial charge >= 0.3 is 5.97 Å². The van der Waals surface area contributed by atoms with Gasteiger partial charge in [0.05, 0.1) is 0 Å². The number of hydrogen-bond donors (Lipinski definition) is 0. The van der Waals surface area contributed by atoms with Gasteiger partial charge in [0, 0.05) is 11.5 Å². The number of esters is 1. The third-order valence-corrected chi connectivity index (χ3v) is 8.20. The Morgan fingerprint density at radius 2 is 2.04 bits per heavy atom. The van der Waals surface area contributed by atoms with E-state index < -0.39 is 0 Å². The van der Waals surface area contributed by atoms with Crippen LogP contribution in [-0.4, -0.2) is 12.1 Å². The molecule has 3 fully saturated rings. The van der Waals surface area contributed by atoms with E-state index in [4.69, 9.17) is 4.74 Å². The van der Waals surface area contributed by atoms with Gasteiger partial charge in [-0.3, -0.25) is 0 Å². The normalized spacial score (nSPS) is 40.2. The molecule has 0 aromatic carbocycles. The maximum absolute atomic E-state index is 12.1. The molecule has 3 aliphatic rings. The van der Waals surface area contributed by atoms with Crippen LogP contribution in [0, 0.1) is 35.0 Å². The van der Waals surface area contributed by atoms with Gasteiger partial charge in [0.1, 0.15) is 6.10 Å². The molecule has 0 spiro atoms. The van der Waals surface area contributed by atoms with E-state index in [-0.39, 0.29) is 18.0 Å². The predicted molar refractivity (Wildman–Crippen MR) is 111 cm³/mol. The average molecular weight is 423 g/mol. The second-order valence-corrected chi connectivity index (χ2v) is 10.2. The van der Waals surface area contributed by atoms with Gasteiger partial charge in [0.25, 0.3) is 0 Å². The molecule has 1 saturated heterocycles. The highest BCUT2D eigenvalue weighted by Crippen LogP contribution is 2.60. The summed E-state index contributed by atoms with van der Waals surface area (Å²) in [6.45, 7) is 13.4. The number of ether oxygens (including phenoxy) is 1. The van der Waals surface area contributed by atoms with Gasteiger partial charge in [-0.15, -0.1) is 0 Å². The molecule has 0 bridgehead atoms. The first kappa shape index (κ1) is 20.2. The zero-order valence-corrected chi connectivity index (χ0v) is 18.5. The highest BCUT2D eigenvalue weighted by molar-refractivity contribution is 9.11. The first-order chi connectivity index (χ1) is 12.3. The van der Waals surface area contributed by atoms with Crippen molar-refractivity contribution in [1.82, 2.24) is 0 Å². The zero-order valence-electron chi connectivity index (χ0n) is 16.9. The number of allylic oxidation sites excluding steroid dienone is 1. The van der Waals surface area contributed by atoms with E-state index in [9.17, 15) is 4.79 Å². The lowest BCUT2D eigenvalue weighted by Gasteiger charge is -2.44. The molecule has 0 aromatic rings. The van der Waals surface area contributed by atoms with Crippen LogP contribution >= 0.6 is 15.9 Å². The van der Waals surface area contributed by atoms with Crippen molar-refractivity contribution in [3.05, 3.63) is 22.7 Å². The van der Waals surface area contributed by atoms with Crippen LogP contribution in [0.15, 0.2) is 22.7 Å². The second kappa shape index (κ2) is 7.81. The molecule has 0 amide bonds. The fourth-order valence-corrected chi connectivity index (χ4v) is 6.91. The standard InChI is InChI=1S/C23H35BrO2/c1-14(2)11-18-16(4)22(25)26-21(18)12-15(3)19-8-9-20-17(13-24)7-6-10-23(19,20)5/h13-15,18-21H,4,6-12H2,1-3,5H3/b17-13+/t15-,18-,19-,20+,21+,23-/m1/s1. The first-order valence-electron chi connectivity index (χ1n) is 10.5. The molecule has 3 rings (SSSR count). The molecule has 1 aliphatic heterocycles. The van der Waals surface area contributed by atoms with Crippen LogP contribution in [0.25, 0.3) is 0 Å². The number of halogens is 1. The van der Waals surface area contributed by atoms with Crippen LogP contribution in [0.4, 0.5) is 0 Å². The summed E-state index contributed by atoms with van der Waals surface area (Å²) in [7, 11) is 0. The Balaban J connectivity index is 1.72. The lowest BCUT2D eigenvalue weighted by Crippen LogP contribution is -2.37. The Morgan fingerprint density at radius 3 is 2.69 bits per heavy atom. The lowest BCUT2D eigenvalue weighted by molar-refractivity contribution is -0.140. The SMILES string of the molecule is C=C1C(=O)O[C@@H](C[C@@H](C)[C@H]2CC[C@H]3/C(=C/Br)CCC[C@]23C)[C@@H]1CC(C)C. The molecule has 2 nitrogen and oxygen atoms in total. The van der Waals surface area contributed by atoms with Crippen molar-refractivity contribution >= 4 is 21.9 Å². The van der Waals surface area contributed by atoms with Gasteiger partial charge in [-0.2, -0.15) is 0 Å². The molecule has 0 aromatic heterocycles. The third-order valence-electron chi connectivity index (χ3n) is 7.61. The highest BCUT2D eigenvalue weighted by atomic mass is 79.9. The quantitative estimate of drug-likeness (QED) is 0.365. The Hall–Kier alpha value is -0.570. The predicted octanol–water partition coefficient (Wildman–Crippen LogP) is 6.65. The summed E-state index contributed by atoms with van der Waals surface area (Å²) in [5.41, 5.74) is 2.73. The summed E-state index contributed by atoms with van der Waals surface area (Å²) in [5, 5.41) is 0. The summed E-state index contributed by atoms with van der Waals surface area (Å²) in [6, 6.07) is 0. The van der Waals surface area contributed by atoms with E-state index in [1.54, 1.807) is 5.57 Å². The van der Waals surface area contributed by atoms with Crippen molar-refractivity contribution in [3.8, 4) is 0 Å². The molecule has 3 heteroatoms. The molecule has 26 heavy (non-hydrogen) atoms. The number of hydrogen-bond acceptors (Lipinski definition) is 2. The van der Waals surface area contributed by atoms with Gasteiger partial charge in [-0.1, -0.05) is 55.8 Å². The Bertz CT molecular complexity index is 593. The molecular formula is C23H35BrO2. The van der Waals surface area contributed by atoms with Crippen LogP contribution in [0.1, 0.15) is 72.6 Å². The highest BCUT2D eigenvalue weighted by Gasteiger charge is 2.51. The summed E-state index contributed by atoms with van der Waals surface area (Å²) < 4.78 is 5.77. The first-order valence-corrected chi connectivity index (χ1v) is 11.4. The van der Waals surface area contributed by atoms with Crippen LogP contribution in [0.2, 0.25) is 0 Å². The molecule has 0 N–H and O–H groups in total. The number of rotatable bonds is 5. The van der Waals surface area contributed by atoms with E-state index in [0.717, 1.165) is 24.7 Å². The molecule has 146 valence electrons. The van der Waals surface area contributed by atoms with Gasteiger partial charge in [0.2, 0.25) is 0 Å². The largest absolute Gasteiger partial charge is 0.458 e. The average Bonchev–Trinajstić information content (AvgIpc) is 3.06. The van der Waals surface area contributed by atoms with Crippen LogP contribution in [0.3, 0.4) is 0 Å². The summed E-state index contributed by atoms with van der Waals surface area (Å²) in [6.07, 6.45) is 8.54. The van der Waals surface area contributed by atoms with Gasteiger partial charge < -0.3 is 4.74 Å². The van der Waals surface area contributed by atoms with Crippen molar-refractivity contribution in [2.24, 2.45) is 35.0 Å². The molecule has 6 atom stereocenters. The van der Waals surface area contributed by atoms with Crippen molar-refractivity contribution < 1.29 is 9.53 Å². The minimum Gasteiger partial charge on any atom is -0.458 e. The minimum absolute atomic E-state index is 0.0322. The molecule has 2 aliphatic carbocycles. The molecule has 0 radical (unpaired) electrons. The second-order valence-electron chi connectivity index (χ2n) is 9.70. The summed E-state index contributed by atoms with van der Waals surface area (Å²) in [5.74, 6) is 2.64. The molecule has 1 heterocycles. The number of carbonyl (C=O) groups is 1. The van der Waals surface area contributed by atoms with Gasteiger partial charge in [0.15, 0.2) is 0 Å². The van der Waals surface area contributed by atoms with Crippen molar-refractivity contribution in [2.75, 3.05) is 0 Å². The van der Waals surface area contributed by atoms with Gasteiger partial charge in [-0.05, 0) is 79.0 Å². The van der Waals surface area contributed by atoms with Crippen molar-refractivity contribution in [2.45, 2.75) is 78.7 Å². The van der Waals surface area contributed by atoms with E-state index >= 15 is 0 Å². The topological polar surface area (TPSA) is 26.3 Å². The third kappa shape index (κ3) is 3.57. The summed E-state index contributed by atoms with van der Waals surface area (Å²) in [4.78, 5) is 14.3. The van der Waals surface area contributed by atoms with E-state index in [2.05, 4.69) is 55.2 Å². The van der Waals surface area contributed by atoms with E-state index in [0.29, 0.717) is 22.8 Å². The maximum atomic E-state index is 12.1. The summed E-state index contributed by atoms with van der Waals surface area (Å²) >= 11 is 3.61. The Kier molecular flexibility index (Phi) is 6.06. The van der Waals surface area contributed by atoms with Crippen molar-refractivity contribution in [3.63, 3.8) is 0 Å². The molecule has 2 saturated carbocycles. The van der Waals surface area contributed by atoms with Gasteiger partial charge in [-0.25, -0.2) is 4.79 Å². The molecular weight excluding hydrogens is 388 g/mol. The van der Waals surface area contributed by atoms with E-state index in [1.165, 1.54) is 32.1 Å². The minimum atomic E-state index is -0.162. The number of cyclic esters (lactones) is 1. The smallest absolute Gasteiger partial charge is 0.334 e. The maximum Gasteiger partial charge on any atom is 0.334 e. The Labute approximate surface area is 168 Å². The van der Waals surface area contributed by atoms with Crippen molar-refractivity contribution in [1.29, 1.82) is 0 Å². The van der Waals surface area contributed by atoms with Crippen LogP contribution < -0.4 is 0 Å². The molecule has 0 unspecified atom stereocenters. The lowest BCUT2D eigenvalue weighted by atomic mass is 9.61.